The van der Waals surface area contributed by atoms with Crippen molar-refractivity contribution in [2.45, 2.75) is 18.6 Å². The summed E-state index contributed by atoms with van der Waals surface area (Å²) in [5.41, 5.74) is 0.873. The fourth-order valence-electron chi connectivity index (χ4n) is 2.09. The van der Waals surface area contributed by atoms with Gasteiger partial charge in [-0.15, -0.1) is 0 Å². The Hall–Kier alpha value is -1.81. The third-order valence-corrected chi connectivity index (χ3v) is 4.36. The van der Waals surface area contributed by atoms with Crippen molar-refractivity contribution in [3.8, 4) is 0 Å². The minimum Gasteiger partial charge on any atom is -0.304 e. The Bertz CT molecular complexity index is 666. The monoisotopic (exact) mass is 270 g/mol. The van der Waals surface area contributed by atoms with Crippen molar-refractivity contribution in [2.75, 3.05) is 0 Å². The van der Waals surface area contributed by atoms with Crippen molar-refractivity contribution in [2.24, 2.45) is 4.99 Å². The minimum absolute atomic E-state index is 0.000735. The highest BCUT2D eigenvalue weighted by molar-refractivity contribution is 8.15. The molecule has 1 heterocycles. The number of nitrogens with zero attached hydrogens (tertiary/aromatic N) is 1. The van der Waals surface area contributed by atoms with E-state index in [9.17, 15) is 4.79 Å². The number of amidine groups is 1. The highest BCUT2D eigenvalue weighted by Crippen LogP contribution is 2.26. The molecule has 3 rings (SSSR count). The van der Waals surface area contributed by atoms with Gasteiger partial charge < -0.3 is 5.32 Å². The summed E-state index contributed by atoms with van der Waals surface area (Å²) in [7, 11) is 0. The van der Waals surface area contributed by atoms with Crippen LogP contribution in [0, 0.1) is 0 Å². The average Bonchev–Trinajstić information content (AvgIpc) is 2.78. The van der Waals surface area contributed by atoms with Crippen molar-refractivity contribution in [3.05, 3.63) is 42.5 Å². The molecule has 0 unspecified atom stereocenters. The van der Waals surface area contributed by atoms with Gasteiger partial charge in [0.15, 0.2) is 5.17 Å². The van der Waals surface area contributed by atoms with Gasteiger partial charge >= 0.3 is 0 Å². The number of carbonyl (C=O) groups excluding carboxylic acids is 1. The fourth-order valence-corrected chi connectivity index (χ4v) is 3.01. The summed E-state index contributed by atoms with van der Waals surface area (Å²) >= 11 is 1.51. The van der Waals surface area contributed by atoms with Gasteiger partial charge in [0.25, 0.3) is 0 Å². The predicted octanol–water partition coefficient (Wildman–Crippen LogP) is 3.47. The van der Waals surface area contributed by atoms with E-state index >= 15 is 0 Å². The van der Waals surface area contributed by atoms with Crippen molar-refractivity contribution >= 4 is 39.3 Å². The van der Waals surface area contributed by atoms with Gasteiger partial charge in [-0.2, -0.15) is 0 Å². The standard InChI is InChI=1S/C15H14N2OS/c1-2-13-14(18)17-15(19-13)16-12-8-7-10-5-3-4-6-11(10)9-12/h3-9,13H,2H2,1H3,(H,16,17,18)/t13-/m0/s1. The number of aliphatic imine (C=N–C) groups is 1. The Morgan fingerprint density at radius 2 is 2.00 bits per heavy atom. The summed E-state index contributed by atoms with van der Waals surface area (Å²) in [6.45, 7) is 2.01. The van der Waals surface area contributed by atoms with Crippen LogP contribution >= 0.6 is 11.8 Å². The molecule has 1 saturated heterocycles. The van der Waals surface area contributed by atoms with Crippen molar-refractivity contribution in [1.29, 1.82) is 0 Å². The molecule has 1 aliphatic rings. The first kappa shape index (κ1) is 12.2. The summed E-state index contributed by atoms with van der Waals surface area (Å²) in [6, 6.07) is 14.2. The quantitative estimate of drug-likeness (QED) is 0.907. The van der Waals surface area contributed by atoms with Gasteiger partial charge in [0.2, 0.25) is 5.91 Å². The van der Waals surface area contributed by atoms with Crippen LogP contribution in [0.4, 0.5) is 5.69 Å². The number of benzene rings is 2. The van der Waals surface area contributed by atoms with Gasteiger partial charge in [-0.3, -0.25) is 4.79 Å². The molecule has 0 radical (unpaired) electrons. The first-order chi connectivity index (χ1) is 9.26. The van der Waals surface area contributed by atoms with Crippen LogP contribution in [-0.2, 0) is 4.79 Å². The van der Waals surface area contributed by atoms with Crippen LogP contribution in [0.5, 0.6) is 0 Å². The third kappa shape index (κ3) is 2.49. The number of hydrogen-bond acceptors (Lipinski definition) is 3. The van der Waals surface area contributed by atoms with Crippen LogP contribution in [0.15, 0.2) is 47.5 Å². The molecule has 2 aromatic carbocycles. The Kier molecular flexibility index (Phi) is 3.25. The van der Waals surface area contributed by atoms with Gasteiger partial charge in [-0.1, -0.05) is 49.0 Å². The highest BCUT2D eigenvalue weighted by atomic mass is 32.2. The maximum atomic E-state index is 11.6. The lowest BCUT2D eigenvalue weighted by Crippen LogP contribution is -2.24. The first-order valence-corrected chi connectivity index (χ1v) is 7.19. The Morgan fingerprint density at radius 1 is 1.21 bits per heavy atom. The van der Waals surface area contributed by atoms with Gasteiger partial charge in [-0.25, -0.2) is 4.99 Å². The SMILES string of the molecule is CC[C@@H]1SC(=Nc2ccc3ccccc3c2)NC1=O. The number of carbonyl (C=O) groups is 1. The van der Waals surface area contributed by atoms with Gasteiger partial charge in [0.05, 0.1) is 10.9 Å². The summed E-state index contributed by atoms with van der Waals surface area (Å²) in [6.07, 6.45) is 0.827. The van der Waals surface area contributed by atoms with Crippen molar-refractivity contribution < 1.29 is 4.79 Å². The molecule has 0 aliphatic carbocycles. The molecule has 0 aromatic heterocycles. The number of thioether (sulfide) groups is 1. The lowest BCUT2D eigenvalue weighted by atomic mass is 10.1. The van der Waals surface area contributed by atoms with E-state index < -0.39 is 0 Å². The molecule has 19 heavy (non-hydrogen) atoms. The molecule has 96 valence electrons. The molecule has 1 fully saturated rings. The zero-order chi connectivity index (χ0) is 13.2. The van der Waals surface area contributed by atoms with E-state index in [1.54, 1.807) is 0 Å². The third-order valence-electron chi connectivity index (χ3n) is 3.11. The summed E-state index contributed by atoms with van der Waals surface area (Å²) in [5, 5.41) is 5.88. The topological polar surface area (TPSA) is 41.5 Å². The number of hydrogen-bond donors (Lipinski definition) is 1. The van der Waals surface area contributed by atoms with Crippen molar-refractivity contribution in [3.63, 3.8) is 0 Å². The molecule has 4 heteroatoms. The normalized spacial score (nSPS) is 21.0. The Morgan fingerprint density at radius 3 is 2.74 bits per heavy atom. The highest BCUT2D eigenvalue weighted by Gasteiger charge is 2.28. The molecule has 1 atom stereocenters. The van der Waals surface area contributed by atoms with Crippen LogP contribution in [-0.4, -0.2) is 16.3 Å². The van der Waals surface area contributed by atoms with E-state index in [1.165, 1.54) is 17.1 Å². The zero-order valence-electron chi connectivity index (χ0n) is 10.6. The van der Waals surface area contributed by atoms with E-state index in [2.05, 4.69) is 22.4 Å². The largest absolute Gasteiger partial charge is 0.304 e. The van der Waals surface area contributed by atoms with E-state index in [-0.39, 0.29) is 11.2 Å². The summed E-state index contributed by atoms with van der Waals surface area (Å²) in [5.74, 6) is 0.0621. The lowest BCUT2D eigenvalue weighted by molar-refractivity contribution is -0.118. The maximum absolute atomic E-state index is 11.6. The zero-order valence-corrected chi connectivity index (χ0v) is 11.4. The van der Waals surface area contributed by atoms with Crippen LogP contribution in [0.25, 0.3) is 10.8 Å². The molecule has 1 N–H and O–H groups in total. The van der Waals surface area contributed by atoms with Gasteiger partial charge in [0, 0.05) is 0 Å². The van der Waals surface area contributed by atoms with Gasteiger partial charge in [-0.05, 0) is 29.3 Å². The molecular formula is C15H14N2OS. The summed E-state index contributed by atoms with van der Waals surface area (Å²) < 4.78 is 0. The fraction of sp³-hybridized carbons (Fsp3) is 0.200. The van der Waals surface area contributed by atoms with Crippen LogP contribution in [0.3, 0.4) is 0 Å². The molecule has 0 saturated carbocycles. The molecule has 2 aromatic rings. The van der Waals surface area contributed by atoms with Crippen LogP contribution < -0.4 is 5.32 Å². The van der Waals surface area contributed by atoms with Crippen LogP contribution in [0.1, 0.15) is 13.3 Å². The van der Waals surface area contributed by atoms with Crippen LogP contribution in [0.2, 0.25) is 0 Å². The van der Waals surface area contributed by atoms with Gasteiger partial charge in [0.1, 0.15) is 0 Å². The van der Waals surface area contributed by atoms with E-state index in [1.807, 2.05) is 37.3 Å². The second-order valence-corrected chi connectivity index (χ2v) is 5.64. The Balaban J connectivity index is 1.91. The molecule has 0 bridgehead atoms. The maximum Gasteiger partial charge on any atom is 0.239 e. The minimum atomic E-state index is -0.000735. The number of fused-ring (bicyclic) bond motifs is 1. The average molecular weight is 270 g/mol. The molecule has 0 spiro atoms. The van der Waals surface area contributed by atoms with E-state index in [0.717, 1.165) is 17.5 Å². The Labute approximate surface area is 116 Å². The summed E-state index contributed by atoms with van der Waals surface area (Å²) in [4.78, 5) is 16.1. The lowest BCUT2D eigenvalue weighted by Gasteiger charge is -2.00. The molecular weight excluding hydrogens is 256 g/mol. The van der Waals surface area contributed by atoms with E-state index in [0.29, 0.717) is 5.17 Å². The molecule has 3 nitrogen and oxygen atoms in total. The molecule has 1 aliphatic heterocycles. The second-order valence-electron chi connectivity index (χ2n) is 4.45. The van der Waals surface area contributed by atoms with E-state index in [4.69, 9.17) is 0 Å². The molecule has 1 amide bonds. The first-order valence-electron chi connectivity index (χ1n) is 6.31. The number of nitrogens with one attached hydrogen (secondary N) is 1. The van der Waals surface area contributed by atoms with Crippen molar-refractivity contribution in [1.82, 2.24) is 5.32 Å². The predicted molar refractivity (Wildman–Crippen MR) is 80.9 cm³/mol. The second kappa shape index (κ2) is 5.05. The number of rotatable bonds is 2. The smallest absolute Gasteiger partial charge is 0.239 e. The number of amides is 1.